The van der Waals surface area contributed by atoms with Gasteiger partial charge in [0.25, 0.3) is 0 Å². The van der Waals surface area contributed by atoms with Gasteiger partial charge >= 0.3 is 5.97 Å². The van der Waals surface area contributed by atoms with Crippen molar-refractivity contribution in [3.63, 3.8) is 0 Å². The van der Waals surface area contributed by atoms with Crippen molar-refractivity contribution in [1.82, 2.24) is 5.32 Å². The summed E-state index contributed by atoms with van der Waals surface area (Å²) in [5.41, 5.74) is 0.838. The monoisotopic (exact) mass is 303 g/mol. The Morgan fingerprint density at radius 2 is 1.90 bits per heavy atom. The van der Waals surface area contributed by atoms with E-state index >= 15 is 0 Å². The van der Waals surface area contributed by atoms with E-state index < -0.39 is 12.0 Å². The molecule has 0 heterocycles. The molecule has 1 amide bonds. The quantitative estimate of drug-likeness (QED) is 0.861. The maximum Gasteiger partial charge on any atom is 0.305 e. The van der Waals surface area contributed by atoms with Crippen LogP contribution in [0, 0.1) is 0 Å². The molecule has 0 saturated heterocycles. The van der Waals surface area contributed by atoms with Crippen LogP contribution in [0.2, 0.25) is 0 Å². The van der Waals surface area contributed by atoms with Gasteiger partial charge in [-0.15, -0.1) is 0 Å². The summed E-state index contributed by atoms with van der Waals surface area (Å²) in [5, 5.41) is 13.9. The zero-order valence-electron chi connectivity index (χ0n) is 11.7. The van der Waals surface area contributed by atoms with Gasteiger partial charge in [0.2, 0.25) is 5.91 Å². The Kier molecular flexibility index (Phi) is 5.22. The SMILES string of the molecule is CSCC(=O)N[C@H](CC(=O)O)c1cccc2ccccc12. The van der Waals surface area contributed by atoms with Gasteiger partial charge in [0.05, 0.1) is 18.2 Å². The Morgan fingerprint density at radius 3 is 2.62 bits per heavy atom. The fourth-order valence-corrected chi connectivity index (χ4v) is 2.68. The minimum absolute atomic E-state index is 0.131. The number of benzene rings is 2. The van der Waals surface area contributed by atoms with E-state index in [-0.39, 0.29) is 12.3 Å². The number of carboxylic acid groups (broad SMARTS) is 1. The van der Waals surface area contributed by atoms with Crippen molar-refractivity contribution in [2.24, 2.45) is 0 Å². The third kappa shape index (κ3) is 3.98. The second-order valence-corrected chi connectivity index (χ2v) is 5.59. The number of carboxylic acids is 1. The number of carbonyl (C=O) groups is 2. The van der Waals surface area contributed by atoms with Crippen molar-refractivity contribution in [1.29, 1.82) is 0 Å². The number of hydrogen-bond donors (Lipinski definition) is 2. The molecule has 0 aliphatic heterocycles. The Morgan fingerprint density at radius 1 is 1.19 bits per heavy atom. The number of carbonyl (C=O) groups excluding carboxylic acids is 1. The fraction of sp³-hybridized carbons (Fsp3) is 0.250. The average Bonchev–Trinajstić information content (AvgIpc) is 2.46. The van der Waals surface area contributed by atoms with Crippen LogP contribution in [0.1, 0.15) is 18.0 Å². The van der Waals surface area contributed by atoms with Gasteiger partial charge in [0.15, 0.2) is 0 Å². The largest absolute Gasteiger partial charge is 0.481 e. The maximum atomic E-state index is 11.8. The summed E-state index contributed by atoms with van der Waals surface area (Å²) in [6, 6.07) is 13.0. The van der Waals surface area contributed by atoms with E-state index in [1.54, 1.807) is 0 Å². The van der Waals surface area contributed by atoms with Crippen molar-refractivity contribution in [3.05, 3.63) is 48.0 Å². The van der Waals surface area contributed by atoms with Crippen LogP contribution in [0.25, 0.3) is 10.8 Å². The zero-order valence-corrected chi connectivity index (χ0v) is 12.5. The first-order chi connectivity index (χ1) is 10.1. The van der Waals surface area contributed by atoms with Crippen LogP contribution >= 0.6 is 11.8 Å². The fourth-order valence-electron chi connectivity index (χ4n) is 2.33. The predicted octanol–water partition coefficient (Wildman–Crippen LogP) is 2.83. The molecule has 0 spiro atoms. The summed E-state index contributed by atoms with van der Waals surface area (Å²) in [5.74, 6) is -0.764. The minimum atomic E-state index is -0.933. The lowest BCUT2D eigenvalue weighted by Gasteiger charge is -2.19. The van der Waals surface area contributed by atoms with Gasteiger partial charge in [0, 0.05) is 0 Å². The third-order valence-corrected chi connectivity index (χ3v) is 3.74. The summed E-state index contributed by atoms with van der Waals surface area (Å²) in [4.78, 5) is 22.9. The highest BCUT2D eigenvalue weighted by molar-refractivity contribution is 7.99. The minimum Gasteiger partial charge on any atom is -0.481 e. The highest BCUT2D eigenvalue weighted by Gasteiger charge is 2.19. The average molecular weight is 303 g/mol. The molecule has 2 aromatic carbocycles. The predicted molar refractivity (Wildman–Crippen MR) is 85.5 cm³/mol. The van der Waals surface area contributed by atoms with Crippen molar-refractivity contribution in [2.45, 2.75) is 12.5 Å². The number of hydrogen-bond acceptors (Lipinski definition) is 3. The number of fused-ring (bicyclic) bond motifs is 1. The second kappa shape index (κ2) is 7.13. The standard InChI is InChI=1S/C16H17NO3S/c1-21-10-15(18)17-14(9-16(19)20)13-8-4-6-11-5-2-3-7-12(11)13/h2-8,14H,9-10H2,1H3,(H,17,18)(H,19,20)/t14-/m1/s1. The molecule has 0 unspecified atom stereocenters. The normalized spacial score (nSPS) is 12.0. The molecule has 21 heavy (non-hydrogen) atoms. The van der Waals surface area contributed by atoms with Crippen LogP contribution in [0.5, 0.6) is 0 Å². The molecule has 0 radical (unpaired) electrons. The molecule has 0 saturated carbocycles. The molecule has 1 atom stereocenters. The van der Waals surface area contributed by atoms with E-state index in [4.69, 9.17) is 5.11 Å². The zero-order chi connectivity index (χ0) is 15.2. The smallest absolute Gasteiger partial charge is 0.305 e. The molecule has 2 rings (SSSR count). The number of thioether (sulfide) groups is 1. The molecular weight excluding hydrogens is 286 g/mol. The van der Waals surface area contributed by atoms with Crippen molar-refractivity contribution < 1.29 is 14.7 Å². The number of aliphatic carboxylic acids is 1. The molecule has 5 heteroatoms. The Balaban J connectivity index is 2.38. The van der Waals surface area contributed by atoms with E-state index in [1.807, 2.05) is 48.7 Å². The van der Waals surface area contributed by atoms with Crippen LogP contribution in [0.3, 0.4) is 0 Å². The molecule has 4 nitrogen and oxygen atoms in total. The van der Waals surface area contributed by atoms with Gasteiger partial charge in [-0.05, 0) is 22.6 Å². The van der Waals surface area contributed by atoms with Crippen LogP contribution < -0.4 is 5.32 Å². The number of amides is 1. The highest BCUT2D eigenvalue weighted by Crippen LogP contribution is 2.26. The molecular formula is C16H17NO3S. The van der Waals surface area contributed by atoms with E-state index in [1.165, 1.54) is 11.8 Å². The van der Waals surface area contributed by atoms with Crippen LogP contribution in [0.15, 0.2) is 42.5 Å². The van der Waals surface area contributed by atoms with Gasteiger partial charge in [-0.2, -0.15) is 11.8 Å². The van der Waals surface area contributed by atoms with Gasteiger partial charge < -0.3 is 10.4 Å². The summed E-state index contributed by atoms with van der Waals surface area (Å²) >= 11 is 1.41. The lowest BCUT2D eigenvalue weighted by molar-refractivity contribution is -0.137. The van der Waals surface area contributed by atoms with Gasteiger partial charge in [-0.3, -0.25) is 9.59 Å². The summed E-state index contributed by atoms with van der Waals surface area (Å²) in [6.07, 6.45) is 1.71. The Labute approximate surface area is 127 Å². The van der Waals surface area contributed by atoms with Gasteiger partial charge in [0.1, 0.15) is 0 Å². The summed E-state index contributed by atoms with van der Waals surface area (Å²) < 4.78 is 0. The van der Waals surface area contributed by atoms with E-state index in [9.17, 15) is 9.59 Å². The Bertz CT molecular complexity index is 652. The maximum absolute atomic E-state index is 11.8. The van der Waals surface area contributed by atoms with Gasteiger partial charge in [-0.1, -0.05) is 42.5 Å². The first kappa shape index (κ1) is 15.4. The lowest BCUT2D eigenvalue weighted by atomic mass is 9.96. The van der Waals surface area contributed by atoms with Crippen molar-refractivity contribution in [2.75, 3.05) is 12.0 Å². The van der Waals surface area contributed by atoms with Crippen molar-refractivity contribution in [3.8, 4) is 0 Å². The first-order valence-corrected chi connectivity index (χ1v) is 7.99. The lowest BCUT2D eigenvalue weighted by Crippen LogP contribution is -2.31. The third-order valence-electron chi connectivity index (χ3n) is 3.19. The molecule has 0 aliphatic carbocycles. The summed E-state index contributed by atoms with van der Waals surface area (Å²) in [7, 11) is 0. The molecule has 2 N–H and O–H groups in total. The first-order valence-electron chi connectivity index (χ1n) is 6.59. The Hall–Kier alpha value is -2.01. The van der Waals surface area contributed by atoms with Crippen LogP contribution in [-0.4, -0.2) is 29.0 Å². The molecule has 0 aromatic heterocycles. The molecule has 0 bridgehead atoms. The topological polar surface area (TPSA) is 66.4 Å². The summed E-state index contributed by atoms with van der Waals surface area (Å²) in [6.45, 7) is 0. The number of rotatable bonds is 6. The highest BCUT2D eigenvalue weighted by atomic mass is 32.2. The van der Waals surface area contributed by atoms with Crippen molar-refractivity contribution >= 4 is 34.4 Å². The second-order valence-electron chi connectivity index (χ2n) is 4.72. The van der Waals surface area contributed by atoms with E-state index in [0.29, 0.717) is 5.75 Å². The van der Waals surface area contributed by atoms with E-state index in [0.717, 1.165) is 16.3 Å². The molecule has 0 aliphatic rings. The molecule has 2 aromatic rings. The molecule has 0 fully saturated rings. The van der Waals surface area contributed by atoms with Crippen LogP contribution in [0.4, 0.5) is 0 Å². The van der Waals surface area contributed by atoms with Crippen LogP contribution in [-0.2, 0) is 9.59 Å². The number of nitrogens with one attached hydrogen (secondary N) is 1. The molecule has 110 valence electrons. The van der Waals surface area contributed by atoms with Gasteiger partial charge in [-0.25, -0.2) is 0 Å². The van der Waals surface area contributed by atoms with E-state index in [2.05, 4.69) is 5.32 Å².